The van der Waals surface area contributed by atoms with Gasteiger partial charge < -0.3 is 5.32 Å². The smallest absolute Gasteiger partial charge is 0.263 e. The highest BCUT2D eigenvalue weighted by Crippen LogP contribution is 2.16. The largest absolute Gasteiger partial charge is 0.351 e. The van der Waals surface area contributed by atoms with Gasteiger partial charge in [-0.3, -0.25) is 9.00 Å². The number of hydrogen-bond acceptors (Lipinski definition) is 4. The van der Waals surface area contributed by atoms with Gasteiger partial charge >= 0.3 is 0 Å². The number of nitrogens with zero attached hydrogens (tertiary/aromatic N) is 1. The first-order valence-corrected chi connectivity index (χ1v) is 8.60. The molecule has 1 aromatic heterocycles. The number of hydrogen-bond donors (Lipinski definition) is 1. The van der Waals surface area contributed by atoms with Crippen LogP contribution in [0.5, 0.6) is 0 Å². The van der Waals surface area contributed by atoms with Gasteiger partial charge in [-0.25, -0.2) is 4.98 Å². The molecule has 0 bridgehead atoms. The summed E-state index contributed by atoms with van der Waals surface area (Å²) in [5.74, 6) is 0.386. The molecule has 1 amide bonds. The van der Waals surface area contributed by atoms with Crippen molar-refractivity contribution in [1.29, 1.82) is 0 Å². The van der Waals surface area contributed by atoms with Crippen molar-refractivity contribution in [2.24, 2.45) is 0 Å². The highest BCUT2D eigenvalue weighted by molar-refractivity contribution is 7.87. The van der Waals surface area contributed by atoms with Crippen LogP contribution in [0.4, 0.5) is 0 Å². The number of carbonyl (C=O) groups excluding carboxylic acids is 1. The standard InChI is InChI=1S/C13H20N2O2S2/c1-3-5-6-7-8-9-14-12(16)11-10-15-13(18-11)19(17)4-2/h6-7,10H,3-5,8-9H2,1-2H3,(H,14,16)/b7-6-. The van der Waals surface area contributed by atoms with E-state index < -0.39 is 10.8 Å². The third-order valence-electron chi connectivity index (χ3n) is 2.38. The molecule has 1 unspecified atom stereocenters. The SMILES string of the molecule is CCC/C=C\CCNC(=O)c1cnc(S(=O)CC)s1. The summed E-state index contributed by atoms with van der Waals surface area (Å²) in [7, 11) is -1.08. The molecule has 0 radical (unpaired) electrons. The number of aromatic nitrogens is 1. The molecule has 0 saturated carbocycles. The van der Waals surface area contributed by atoms with Gasteiger partial charge in [0.1, 0.15) is 4.88 Å². The van der Waals surface area contributed by atoms with Crippen molar-refractivity contribution in [3.8, 4) is 0 Å². The zero-order valence-corrected chi connectivity index (χ0v) is 13.0. The lowest BCUT2D eigenvalue weighted by Gasteiger charge is -1.99. The molecule has 0 aromatic carbocycles. The van der Waals surface area contributed by atoms with E-state index in [1.54, 1.807) is 0 Å². The molecular formula is C13H20N2O2S2. The van der Waals surface area contributed by atoms with Gasteiger partial charge in [-0.05, 0) is 12.8 Å². The van der Waals surface area contributed by atoms with Gasteiger partial charge in [0.2, 0.25) is 0 Å². The summed E-state index contributed by atoms with van der Waals surface area (Å²) in [6, 6.07) is 0. The molecule has 1 aromatic rings. The number of allylic oxidation sites excluding steroid dienone is 1. The Bertz CT molecular complexity index is 455. The lowest BCUT2D eigenvalue weighted by Crippen LogP contribution is -2.23. The molecule has 1 atom stereocenters. The van der Waals surface area contributed by atoms with E-state index >= 15 is 0 Å². The van der Waals surface area contributed by atoms with Crippen LogP contribution in [0.15, 0.2) is 22.7 Å². The molecule has 106 valence electrons. The van der Waals surface area contributed by atoms with Crippen LogP contribution in [-0.4, -0.2) is 27.4 Å². The van der Waals surface area contributed by atoms with E-state index in [-0.39, 0.29) is 5.91 Å². The van der Waals surface area contributed by atoms with Crippen LogP contribution < -0.4 is 5.32 Å². The van der Waals surface area contributed by atoms with E-state index in [1.807, 2.05) is 6.92 Å². The molecule has 4 nitrogen and oxygen atoms in total. The van der Waals surface area contributed by atoms with Gasteiger partial charge in [0.15, 0.2) is 4.34 Å². The molecule has 1 rings (SSSR count). The maximum absolute atomic E-state index is 11.8. The average Bonchev–Trinajstić information content (AvgIpc) is 2.91. The van der Waals surface area contributed by atoms with Crippen LogP contribution in [0.1, 0.15) is 42.8 Å². The van der Waals surface area contributed by atoms with Gasteiger partial charge in [-0.1, -0.05) is 32.4 Å². The molecule has 0 saturated heterocycles. The van der Waals surface area contributed by atoms with Gasteiger partial charge in [-0.2, -0.15) is 0 Å². The normalized spacial score (nSPS) is 12.7. The van der Waals surface area contributed by atoms with Crippen molar-refractivity contribution in [3.05, 3.63) is 23.2 Å². The predicted molar refractivity (Wildman–Crippen MR) is 80.1 cm³/mol. The van der Waals surface area contributed by atoms with E-state index in [0.717, 1.165) is 19.3 Å². The van der Waals surface area contributed by atoms with Gasteiger partial charge in [0.25, 0.3) is 5.91 Å². The molecular weight excluding hydrogens is 280 g/mol. The van der Waals surface area contributed by atoms with E-state index in [2.05, 4.69) is 29.4 Å². The quantitative estimate of drug-likeness (QED) is 0.593. The third-order valence-corrected chi connectivity index (χ3v) is 5.00. The van der Waals surface area contributed by atoms with Crippen molar-refractivity contribution >= 4 is 28.0 Å². The maximum Gasteiger partial charge on any atom is 0.263 e. The lowest BCUT2D eigenvalue weighted by atomic mass is 10.3. The molecule has 0 aliphatic carbocycles. The fourth-order valence-corrected chi connectivity index (χ4v) is 3.33. The molecule has 1 N–H and O–H groups in total. The van der Waals surface area contributed by atoms with Crippen LogP contribution in [0.3, 0.4) is 0 Å². The Labute approximate surface area is 120 Å². The van der Waals surface area contributed by atoms with Crippen molar-refractivity contribution in [2.75, 3.05) is 12.3 Å². The topological polar surface area (TPSA) is 59.1 Å². The second-order valence-electron chi connectivity index (χ2n) is 3.93. The summed E-state index contributed by atoms with van der Waals surface area (Å²) in [5, 5.41) is 2.83. The highest BCUT2D eigenvalue weighted by Gasteiger charge is 2.12. The van der Waals surface area contributed by atoms with Crippen molar-refractivity contribution in [1.82, 2.24) is 10.3 Å². The minimum absolute atomic E-state index is 0.138. The molecule has 6 heteroatoms. The van der Waals surface area contributed by atoms with Crippen LogP contribution in [0.2, 0.25) is 0 Å². The maximum atomic E-state index is 11.8. The Morgan fingerprint density at radius 2 is 2.16 bits per heavy atom. The monoisotopic (exact) mass is 300 g/mol. The second-order valence-corrected chi connectivity index (χ2v) is 6.87. The summed E-state index contributed by atoms with van der Waals surface area (Å²) in [5.41, 5.74) is 0. The zero-order chi connectivity index (χ0) is 14.1. The number of unbranched alkanes of at least 4 members (excludes halogenated alkanes) is 1. The third kappa shape index (κ3) is 5.65. The molecule has 0 fully saturated rings. The van der Waals surface area contributed by atoms with Crippen molar-refractivity contribution < 1.29 is 9.00 Å². The Kier molecular flexibility index (Phi) is 7.59. The van der Waals surface area contributed by atoms with Crippen LogP contribution in [-0.2, 0) is 10.8 Å². The first-order valence-electron chi connectivity index (χ1n) is 6.46. The number of carbonyl (C=O) groups is 1. The first-order chi connectivity index (χ1) is 9.19. The molecule has 0 aliphatic rings. The van der Waals surface area contributed by atoms with Crippen LogP contribution in [0, 0.1) is 0 Å². The molecule has 0 aliphatic heterocycles. The number of nitrogens with one attached hydrogen (secondary N) is 1. The van der Waals surface area contributed by atoms with Crippen molar-refractivity contribution in [3.63, 3.8) is 0 Å². The number of thiazole rings is 1. The first kappa shape index (κ1) is 16.0. The van der Waals surface area contributed by atoms with Gasteiger partial charge in [0.05, 0.1) is 17.0 Å². The lowest BCUT2D eigenvalue weighted by molar-refractivity contribution is 0.0958. The van der Waals surface area contributed by atoms with Crippen LogP contribution in [0.25, 0.3) is 0 Å². The molecule has 0 spiro atoms. The Hall–Kier alpha value is -1.01. The van der Waals surface area contributed by atoms with E-state index in [4.69, 9.17) is 0 Å². The molecule has 19 heavy (non-hydrogen) atoms. The molecule has 1 heterocycles. The Balaban J connectivity index is 2.37. The second kappa shape index (κ2) is 8.98. The summed E-state index contributed by atoms with van der Waals surface area (Å²) in [6.45, 7) is 4.58. The van der Waals surface area contributed by atoms with Gasteiger partial charge in [-0.15, -0.1) is 11.3 Å². The highest BCUT2D eigenvalue weighted by atomic mass is 32.2. The summed E-state index contributed by atoms with van der Waals surface area (Å²) in [6.07, 6.45) is 8.75. The van der Waals surface area contributed by atoms with Gasteiger partial charge in [0, 0.05) is 12.3 Å². The zero-order valence-electron chi connectivity index (χ0n) is 11.3. The minimum atomic E-state index is -1.08. The van der Waals surface area contributed by atoms with Crippen LogP contribution >= 0.6 is 11.3 Å². The number of amides is 1. The minimum Gasteiger partial charge on any atom is -0.351 e. The predicted octanol–water partition coefficient (Wildman–Crippen LogP) is 2.75. The van der Waals surface area contributed by atoms with E-state index in [9.17, 15) is 9.00 Å². The fraction of sp³-hybridized carbons (Fsp3) is 0.538. The Morgan fingerprint density at radius 3 is 2.84 bits per heavy atom. The summed E-state index contributed by atoms with van der Waals surface area (Å²) in [4.78, 5) is 16.3. The van der Waals surface area contributed by atoms with E-state index in [0.29, 0.717) is 21.5 Å². The summed E-state index contributed by atoms with van der Waals surface area (Å²) >= 11 is 1.20. The Morgan fingerprint density at radius 1 is 1.42 bits per heavy atom. The summed E-state index contributed by atoms with van der Waals surface area (Å²) < 4.78 is 12.1. The fourth-order valence-electron chi connectivity index (χ4n) is 1.35. The van der Waals surface area contributed by atoms with E-state index in [1.165, 1.54) is 17.5 Å². The number of rotatable bonds is 8. The average molecular weight is 300 g/mol. The van der Waals surface area contributed by atoms with Crippen molar-refractivity contribution in [2.45, 2.75) is 37.4 Å².